The van der Waals surface area contributed by atoms with Gasteiger partial charge in [0.1, 0.15) is 0 Å². The van der Waals surface area contributed by atoms with Crippen LogP contribution in [0.25, 0.3) is 10.8 Å². The van der Waals surface area contributed by atoms with E-state index in [1.54, 1.807) is 16.5 Å². The van der Waals surface area contributed by atoms with Gasteiger partial charge in [-0.15, -0.1) is 0 Å². The van der Waals surface area contributed by atoms with Crippen molar-refractivity contribution in [2.45, 2.75) is 87.5 Å². The largest absolute Gasteiger partial charge is 0.0656 e. The number of hydrogen-bond donors (Lipinski definition) is 0. The van der Waals surface area contributed by atoms with Gasteiger partial charge in [0.15, 0.2) is 0 Å². The fourth-order valence-electron chi connectivity index (χ4n) is 7.27. The molecule has 2 fully saturated rings. The molecule has 8 atom stereocenters. The van der Waals surface area contributed by atoms with Crippen molar-refractivity contribution in [1.29, 1.82) is 0 Å². The molecule has 0 aliphatic heterocycles. The first-order valence-electron chi connectivity index (χ1n) is 13.2. The van der Waals surface area contributed by atoms with E-state index in [0.717, 1.165) is 47.3 Å². The van der Waals surface area contributed by atoms with E-state index >= 15 is 0 Å². The van der Waals surface area contributed by atoms with E-state index in [2.05, 4.69) is 106 Å². The molecule has 0 spiro atoms. The average Bonchev–Trinajstić information content (AvgIpc) is 3.06. The Morgan fingerprint density at radius 1 is 0.484 bits per heavy atom. The second kappa shape index (κ2) is 9.68. The van der Waals surface area contributed by atoms with Crippen LogP contribution in [0.4, 0.5) is 0 Å². The normalized spacial score (nSPS) is 40.1. The van der Waals surface area contributed by atoms with E-state index < -0.39 is 0 Å². The Labute approximate surface area is 193 Å². The number of fused-ring (bicyclic) bond motifs is 1. The Bertz CT molecular complexity index is 769. The summed E-state index contributed by atoms with van der Waals surface area (Å²) >= 11 is 0. The van der Waals surface area contributed by atoms with Crippen molar-refractivity contribution in [3.63, 3.8) is 0 Å². The molecule has 0 N–H and O–H groups in total. The summed E-state index contributed by atoms with van der Waals surface area (Å²) in [5.41, 5.74) is 3.27. The summed E-state index contributed by atoms with van der Waals surface area (Å²) < 4.78 is 0. The first kappa shape index (κ1) is 24.3. The topological polar surface area (TPSA) is 0 Å². The molecule has 0 radical (unpaired) electrons. The lowest BCUT2D eigenvalue weighted by Crippen LogP contribution is -2.15. The minimum atomic E-state index is 0.678. The first-order chi connectivity index (χ1) is 14.7. The zero-order chi connectivity index (χ0) is 23.0. The van der Waals surface area contributed by atoms with Crippen molar-refractivity contribution in [2.24, 2.45) is 47.3 Å². The monoisotopic (exact) mass is 420 g/mol. The summed E-state index contributed by atoms with van der Waals surface area (Å²) in [5, 5.41) is 3.05. The molecular weight excluding hydrogens is 372 g/mol. The van der Waals surface area contributed by atoms with E-state index in [1.165, 1.54) is 11.8 Å². The standard InChI is InChI=1S/C28H40.C3H8/c1-15-16(2)20(6)26(19(15)5)24-13-9-11-23-12-10-14-25(28(23)24)27-21(7)17(3)18(4)22(27)8;1-3-2/h9-22,26-27H,1-8H3;3H2,1-2H3. The SMILES string of the molecule is CC1C(C)C(C)C(c2cccc3cccc(C4C(C)C(C)C(C)C4C)c23)C1C.CCC. The molecule has 31 heavy (non-hydrogen) atoms. The van der Waals surface area contributed by atoms with Crippen molar-refractivity contribution < 1.29 is 0 Å². The van der Waals surface area contributed by atoms with Crippen LogP contribution in [0.2, 0.25) is 0 Å². The van der Waals surface area contributed by atoms with Crippen molar-refractivity contribution in [2.75, 3.05) is 0 Å². The van der Waals surface area contributed by atoms with E-state index in [1.807, 2.05) is 0 Å². The van der Waals surface area contributed by atoms with Gasteiger partial charge in [-0.1, -0.05) is 112 Å². The molecule has 2 aliphatic rings. The maximum Gasteiger partial charge on any atom is -0.00990 e. The van der Waals surface area contributed by atoms with Gasteiger partial charge in [0, 0.05) is 0 Å². The minimum absolute atomic E-state index is 0.678. The van der Waals surface area contributed by atoms with Crippen LogP contribution in [-0.2, 0) is 0 Å². The van der Waals surface area contributed by atoms with Gasteiger partial charge in [-0.05, 0) is 81.1 Å². The van der Waals surface area contributed by atoms with Crippen LogP contribution in [0.15, 0.2) is 36.4 Å². The third-order valence-electron chi connectivity index (χ3n) is 9.93. The predicted octanol–water partition coefficient (Wildman–Crippen LogP) is 9.54. The zero-order valence-corrected chi connectivity index (χ0v) is 21.9. The maximum absolute atomic E-state index is 2.50. The molecule has 0 amide bonds. The highest BCUT2D eigenvalue weighted by atomic mass is 14.5. The summed E-state index contributed by atoms with van der Waals surface area (Å²) in [4.78, 5) is 0. The van der Waals surface area contributed by atoms with E-state index in [4.69, 9.17) is 0 Å². The molecule has 4 rings (SSSR count). The van der Waals surface area contributed by atoms with Gasteiger partial charge in [-0.2, -0.15) is 0 Å². The van der Waals surface area contributed by atoms with Crippen LogP contribution < -0.4 is 0 Å². The Morgan fingerprint density at radius 3 is 1.06 bits per heavy atom. The third kappa shape index (κ3) is 4.09. The van der Waals surface area contributed by atoms with E-state index in [0.29, 0.717) is 11.8 Å². The van der Waals surface area contributed by atoms with Gasteiger partial charge >= 0.3 is 0 Å². The summed E-state index contributed by atoms with van der Waals surface area (Å²) in [7, 11) is 0. The Morgan fingerprint density at radius 2 is 0.774 bits per heavy atom. The second-order valence-corrected chi connectivity index (χ2v) is 11.4. The van der Waals surface area contributed by atoms with Crippen LogP contribution in [-0.4, -0.2) is 0 Å². The molecular formula is C31H48. The van der Waals surface area contributed by atoms with Gasteiger partial charge in [-0.25, -0.2) is 0 Å². The molecule has 2 aromatic rings. The van der Waals surface area contributed by atoms with Crippen LogP contribution in [0, 0.1) is 47.3 Å². The van der Waals surface area contributed by atoms with Gasteiger partial charge < -0.3 is 0 Å². The third-order valence-corrected chi connectivity index (χ3v) is 9.93. The molecule has 0 aromatic heterocycles. The molecule has 0 saturated heterocycles. The molecule has 2 aromatic carbocycles. The Kier molecular flexibility index (Phi) is 7.60. The molecule has 0 heterocycles. The quantitative estimate of drug-likeness (QED) is 0.453. The highest BCUT2D eigenvalue weighted by Crippen LogP contribution is 2.55. The van der Waals surface area contributed by atoms with Gasteiger partial charge in [-0.3, -0.25) is 0 Å². The first-order valence-corrected chi connectivity index (χ1v) is 13.2. The fourth-order valence-corrected chi connectivity index (χ4v) is 7.27. The van der Waals surface area contributed by atoms with Crippen molar-refractivity contribution in [3.8, 4) is 0 Å². The number of benzene rings is 2. The molecule has 2 aliphatic carbocycles. The van der Waals surface area contributed by atoms with Crippen LogP contribution >= 0.6 is 0 Å². The lowest BCUT2D eigenvalue weighted by molar-refractivity contribution is 0.352. The van der Waals surface area contributed by atoms with Crippen molar-refractivity contribution in [1.82, 2.24) is 0 Å². The average molecular weight is 421 g/mol. The number of hydrogen-bond acceptors (Lipinski definition) is 0. The number of rotatable bonds is 2. The van der Waals surface area contributed by atoms with Gasteiger partial charge in [0.05, 0.1) is 0 Å². The highest BCUT2D eigenvalue weighted by molar-refractivity contribution is 5.90. The maximum atomic E-state index is 2.50. The molecule has 0 bridgehead atoms. The van der Waals surface area contributed by atoms with Crippen LogP contribution in [0.1, 0.15) is 98.6 Å². The summed E-state index contributed by atoms with van der Waals surface area (Å²) in [6.07, 6.45) is 1.25. The fraction of sp³-hybridized carbons (Fsp3) is 0.677. The lowest BCUT2D eigenvalue weighted by atomic mass is 9.76. The smallest absolute Gasteiger partial charge is 0.00990 e. The highest BCUT2D eigenvalue weighted by Gasteiger charge is 2.45. The summed E-state index contributed by atoms with van der Waals surface area (Å²) in [6.45, 7) is 24.2. The van der Waals surface area contributed by atoms with E-state index in [-0.39, 0.29) is 0 Å². The molecule has 172 valence electrons. The zero-order valence-electron chi connectivity index (χ0n) is 21.9. The van der Waals surface area contributed by atoms with E-state index in [9.17, 15) is 0 Å². The van der Waals surface area contributed by atoms with Crippen molar-refractivity contribution in [3.05, 3.63) is 47.5 Å². The molecule has 0 nitrogen and oxygen atoms in total. The van der Waals surface area contributed by atoms with Gasteiger partial charge in [0.2, 0.25) is 0 Å². The summed E-state index contributed by atoms with van der Waals surface area (Å²) in [6, 6.07) is 14.2. The summed E-state index contributed by atoms with van der Waals surface area (Å²) in [5.74, 6) is 7.55. The molecule has 2 saturated carbocycles. The van der Waals surface area contributed by atoms with Crippen LogP contribution in [0.5, 0.6) is 0 Å². The molecule has 8 unspecified atom stereocenters. The predicted molar refractivity (Wildman–Crippen MR) is 139 cm³/mol. The van der Waals surface area contributed by atoms with Crippen molar-refractivity contribution >= 4 is 10.8 Å². The lowest BCUT2D eigenvalue weighted by Gasteiger charge is -2.29. The second-order valence-electron chi connectivity index (χ2n) is 11.4. The molecule has 0 heteroatoms. The van der Waals surface area contributed by atoms with Crippen LogP contribution in [0.3, 0.4) is 0 Å². The Balaban J connectivity index is 0.000000858. The minimum Gasteiger partial charge on any atom is -0.0656 e. The van der Waals surface area contributed by atoms with Gasteiger partial charge in [0.25, 0.3) is 0 Å². The Hall–Kier alpha value is -1.30.